The minimum atomic E-state index is 0.412. The molecule has 0 saturated heterocycles. The maximum Gasteiger partial charge on any atom is 0.225 e. The second kappa shape index (κ2) is 9.60. The number of hydrogen-bond donors (Lipinski definition) is 2. The molecule has 1 aliphatic carbocycles. The van der Waals surface area contributed by atoms with Gasteiger partial charge in [-0.3, -0.25) is 0 Å². The predicted molar refractivity (Wildman–Crippen MR) is 125 cm³/mol. The van der Waals surface area contributed by atoms with E-state index in [2.05, 4.69) is 28.5 Å². The lowest BCUT2D eigenvalue weighted by Gasteiger charge is -2.29. The number of anilines is 2. The molecule has 0 unspecified atom stereocenters. The number of rotatable bonds is 5. The molecule has 1 heterocycles. The van der Waals surface area contributed by atoms with Gasteiger partial charge in [-0.05, 0) is 49.9 Å². The standard InChI is InChI=1S/C25H29N5/c1-30(2)24-22-12-6-7-13-23(22)28-25(29-24)27-21-16-14-20(15-17-21)26-18-8-11-19-9-4-3-5-10-19/h3-7,9-10,12-13,20-21,26H,14-18H2,1-2H3,(H,27,28,29)/t20-,21+. The molecule has 3 aromatic rings. The largest absolute Gasteiger partial charge is 0.362 e. The molecular formula is C25H29N5. The smallest absolute Gasteiger partial charge is 0.225 e. The van der Waals surface area contributed by atoms with Crippen LogP contribution in [0.1, 0.15) is 31.2 Å². The van der Waals surface area contributed by atoms with E-state index >= 15 is 0 Å². The number of nitrogens with zero attached hydrogens (tertiary/aromatic N) is 3. The number of benzene rings is 2. The Bertz CT molecular complexity index is 1030. The Morgan fingerprint density at radius 3 is 2.37 bits per heavy atom. The minimum Gasteiger partial charge on any atom is -0.362 e. The van der Waals surface area contributed by atoms with Crippen LogP contribution in [0.25, 0.3) is 10.9 Å². The fourth-order valence-electron chi connectivity index (χ4n) is 3.95. The minimum absolute atomic E-state index is 0.412. The summed E-state index contributed by atoms with van der Waals surface area (Å²) in [5, 5.41) is 8.24. The van der Waals surface area contributed by atoms with Gasteiger partial charge >= 0.3 is 0 Å². The van der Waals surface area contributed by atoms with E-state index in [1.165, 1.54) is 0 Å². The maximum atomic E-state index is 4.77. The van der Waals surface area contributed by atoms with Crippen LogP contribution in [0.3, 0.4) is 0 Å². The summed E-state index contributed by atoms with van der Waals surface area (Å²) < 4.78 is 0. The summed E-state index contributed by atoms with van der Waals surface area (Å²) in [5.74, 6) is 8.12. The normalized spacial score (nSPS) is 18.5. The fourth-order valence-corrected chi connectivity index (χ4v) is 3.95. The van der Waals surface area contributed by atoms with Gasteiger partial charge < -0.3 is 15.5 Å². The van der Waals surface area contributed by atoms with Gasteiger partial charge in [0.25, 0.3) is 0 Å². The van der Waals surface area contributed by atoms with Crippen molar-refractivity contribution in [2.24, 2.45) is 0 Å². The zero-order valence-corrected chi connectivity index (χ0v) is 17.7. The van der Waals surface area contributed by atoms with Crippen LogP contribution in [0.2, 0.25) is 0 Å². The molecule has 0 atom stereocenters. The topological polar surface area (TPSA) is 53.1 Å². The monoisotopic (exact) mass is 399 g/mol. The van der Waals surface area contributed by atoms with Crippen LogP contribution in [0.15, 0.2) is 54.6 Å². The Hall–Kier alpha value is -3.10. The van der Waals surface area contributed by atoms with Gasteiger partial charge in [0.15, 0.2) is 0 Å². The summed E-state index contributed by atoms with van der Waals surface area (Å²) in [7, 11) is 4.05. The van der Waals surface area contributed by atoms with Crippen LogP contribution >= 0.6 is 0 Å². The molecule has 1 aromatic heterocycles. The van der Waals surface area contributed by atoms with E-state index in [1.807, 2.05) is 67.5 Å². The molecule has 0 amide bonds. The van der Waals surface area contributed by atoms with Crippen molar-refractivity contribution in [3.63, 3.8) is 0 Å². The van der Waals surface area contributed by atoms with Crippen LogP contribution in [0.5, 0.6) is 0 Å². The van der Waals surface area contributed by atoms with Crippen LogP contribution in [-0.4, -0.2) is 42.7 Å². The number of hydrogen-bond acceptors (Lipinski definition) is 5. The van der Waals surface area contributed by atoms with Crippen molar-refractivity contribution in [3.05, 3.63) is 60.2 Å². The first-order valence-corrected chi connectivity index (χ1v) is 10.7. The van der Waals surface area contributed by atoms with Gasteiger partial charge in [0, 0.05) is 37.1 Å². The van der Waals surface area contributed by atoms with Crippen LogP contribution in [0.4, 0.5) is 11.8 Å². The molecule has 5 nitrogen and oxygen atoms in total. The third-order valence-electron chi connectivity index (χ3n) is 5.55. The highest BCUT2D eigenvalue weighted by atomic mass is 15.2. The SMILES string of the molecule is CN(C)c1nc(N[C@H]2CC[C@@H](NCC#Cc3ccccc3)CC2)nc2ccccc12. The van der Waals surface area contributed by atoms with Crippen molar-refractivity contribution in [1.29, 1.82) is 0 Å². The first-order chi connectivity index (χ1) is 14.7. The predicted octanol–water partition coefficient (Wildman–Crippen LogP) is 4.06. The Morgan fingerprint density at radius 1 is 0.900 bits per heavy atom. The van der Waals surface area contributed by atoms with Gasteiger partial charge in [-0.2, -0.15) is 4.98 Å². The molecule has 4 rings (SSSR count). The third kappa shape index (κ3) is 5.08. The Balaban J connectivity index is 1.30. The van der Waals surface area contributed by atoms with Crippen molar-refractivity contribution in [2.75, 3.05) is 30.9 Å². The van der Waals surface area contributed by atoms with E-state index in [-0.39, 0.29) is 0 Å². The highest BCUT2D eigenvalue weighted by Crippen LogP contribution is 2.26. The van der Waals surface area contributed by atoms with E-state index in [1.54, 1.807) is 0 Å². The molecule has 30 heavy (non-hydrogen) atoms. The zero-order chi connectivity index (χ0) is 20.8. The maximum absolute atomic E-state index is 4.77. The van der Waals surface area contributed by atoms with E-state index < -0.39 is 0 Å². The molecule has 0 radical (unpaired) electrons. The number of aromatic nitrogens is 2. The summed E-state index contributed by atoms with van der Waals surface area (Å²) in [6.45, 7) is 0.734. The van der Waals surface area contributed by atoms with Crippen LogP contribution in [-0.2, 0) is 0 Å². The zero-order valence-electron chi connectivity index (χ0n) is 17.7. The average Bonchev–Trinajstić information content (AvgIpc) is 2.78. The fraction of sp³-hybridized carbons (Fsp3) is 0.360. The second-order valence-corrected chi connectivity index (χ2v) is 8.02. The van der Waals surface area contributed by atoms with Crippen LogP contribution in [0, 0.1) is 11.8 Å². The molecule has 1 saturated carbocycles. The van der Waals surface area contributed by atoms with Gasteiger partial charge in [0.05, 0.1) is 12.1 Å². The van der Waals surface area contributed by atoms with Crippen molar-refractivity contribution in [1.82, 2.24) is 15.3 Å². The Labute approximate surface area is 178 Å². The lowest BCUT2D eigenvalue weighted by Crippen LogP contribution is -2.37. The first-order valence-electron chi connectivity index (χ1n) is 10.7. The third-order valence-corrected chi connectivity index (χ3v) is 5.55. The molecule has 0 bridgehead atoms. The Morgan fingerprint density at radius 2 is 1.60 bits per heavy atom. The van der Waals surface area contributed by atoms with Gasteiger partial charge in [-0.25, -0.2) is 4.98 Å². The number of para-hydroxylation sites is 1. The van der Waals surface area contributed by atoms with Crippen molar-refractivity contribution < 1.29 is 0 Å². The molecular weight excluding hydrogens is 370 g/mol. The van der Waals surface area contributed by atoms with Crippen molar-refractivity contribution in [2.45, 2.75) is 37.8 Å². The average molecular weight is 400 g/mol. The lowest BCUT2D eigenvalue weighted by atomic mass is 9.91. The van der Waals surface area contributed by atoms with E-state index in [0.29, 0.717) is 12.1 Å². The number of fused-ring (bicyclic) bond motifs is 1. The van der Waals surface area contributed by atoms with Gasteiger partial charge in [0.2, 0.25) is 5.95 Å². The highest BCUT2D eigenvalue weighted by molar-refractivity contribution is 5.90. The molecule has 5 heteroatoms. The second-order valence-electron chi connectivity index (χ2n) is 8.02. The van der Waals surface area contributed by atoms with Crippen molar-refractivity contribution >= 4 is 22.7 Å². The lowest BCUT2D eigenvalue weighted by molar-refractivity contribution is 0.364. The van der Waals surface area contributed by atoms with E-state index in [9.17, 15) is 0 Å². The molecule has 154 valence electrons. The molecule has 2 aromatic carbocycles. The highest BCUT2D eigenvalue weighted by Gasteiger charge is 2.21. The Kier molecular flexibility index (Phi) is 6.46. The summed E-state index contributed by atoms with van der Waals surface area (Å²) in [5.41, 5.74) is 2.05. The summed E-state index contributed by atoms with van der Waals surface area (Å²) in [6.07, 6.45) is 4.49. The van der Waals surface area contributed by atoms with Gasteiger partial charge in [-0.15, -0.1) is 0 Å². The quantitative estimate of drug-likeness (QED) is 0.634. The molecule has 2 N–H and O–H groups in total. The van der Waals surface area contributed by atoms with Crippen molar-refractivity contribution in [3.8, 4) is 11.8 Å². The molecule has 0 aliphatic heterocycles. The summed E-state index contributed by atoms with van der Waals surface area (Å²) in [4.78, 5) is 11.6. The molecule has 1 aliphatic rings. The van der Waals surface area contributed by atoms with E-state index in [4.69, 9.17) is 9.97 Å². The van der Waals surface area contributed by atoms with E-state index in [0.717, 1.165) is 60.5 Å². The number of nitrogens with one attached hydrogen (secondary N) is 2. The van der Waals surface area contributed by atoms with Crippen LogP contribution < -0.4 is 15.5 Å². The van der Waals surface area contributed by atoms with Gasteiger partial charge in [0.1, 0.15) is 5.82 Å². The summed E-state index contributed by atoms with van der Waals surface area (Å²) in [6, 6.07) is 19.3. The molecule has 1 fully saturated rings. The molecule has 0 spiro atoms. The summed E-state index contributed by atoms with van der Waals surface area (Å²) >= 11 is 0. The first kappa shape index (κ1) is 20.2. The van der Waals surface area contributed by atoms with Gasteiger partial charge in [-0.1, -0.05) is 42.2 Å².